The van der Waals surface area contributed by atoms with Crippen molar-refractivity contribution in [3.8, 4) is 11.4 Å². The van der Waals surface area contributed by atoms with E-state index in [9.17, 15) is 0 Å². The SMILES string of the molecule is Cc1ccc2[nH]c(-c3ccc4c(c3)CNCC4)nc2n1. The number of aromatic amines is 1. The molecule has 100 valence electrons. The number of benzene rings is 1. The summed E-state index contributed by atoms with van der Waals surface area (Å²) in [7, 11) is 0. The van der Waals surface area contributed by atoms with Crippen LogP contribution >= 0.6 is 0 Å². The predicted molar refractivity (Wildman–Crippen MR) is 79.5 cm³/mol. The van der Waals surface area contributed by atoms with Gasteiger partial charge in [0, 0.05) is 17.8 Å². The molecular weight excluding hydrogens is 248 g/mol. The molecule has 0 fully saturated rings. The average molecular weight is 264 g/mol. The fourth-order valence-electron chi connectivity index (χ4n) is 2.75. The molecule has 0 unspecified atom stereocenters. The number of imidazole rings is 1. The smallest absolute Gasteiger partial charge is 0.178 e. The number of pyridine rings is 1. The minimum atomic E-state index is 0.788. The Morgan fingerprint density at radius 3 is 2.95 bits per heavy atom. The van der Waals surface area contributed by atoms with Gasteiger partial charge in [-0.3, -0.25) is 0 Å². The lowest BCUT2D eigenvalue weighted by Gasteiger charge is -2.17. The number of rotatable bonds is 1. The molecule has 0 saturated heterocycles. The van der Waals surface area contributed by atoms with Crippen LogP contribution in [0.5, 0.6) is 0 Å². The fourth-order valence-corrected chi connectivity index (χ4v) is 2.75. The van der Waals surface area contributed by atoms with Crippen LogP contribution in [-0.4, -0.2) is 21.5 Å². The molecule has 3 aromatic rings. The first-order chi connectivity index (χ1) is 9.79. The fraction of sp³-hybridized carbons (Fsp3) is 0.250. The number of fused-ring (bicyclic) bond motifs is 2. The van der Waals surface area contributed by atoms with Crippen molar-refractivity contribution < 1.29 is 0 Å². The number of nitrogens with one attached hydrogen (secondary N) is 2. The van der Waals surface area contributed by atoms with Gasteiger partial charge in [-0.2, -0.15) is 0 Å². The highest BCUT2D eigenvalue weighted by molar-refractivity contribution is 5.76. The van der Waals surface area contributed by atoms with Crippen molar-refractivity contribution >= 4 is 11.2 Å². The maximum atomic E-state index is 4.61. The van der Waals surface area contributed by atoms with Gasteiger partial charge in [0.2, 0.25) is 0 Å². The number of H-pyrrole nitrogens is 1. The lowest BCUT2D eigenvalue weighted by molar-refractivity contribution is 0.644. The number of nitrogens with zero attached hydrogens (tertiary/aromatic N) is 2. The van der Waals surface area contributed by atoms with Crippen LogP contribution in [0.4, 0.5) is 0 Å². The molecule has 0 bridgehead atoms. The van der Waals surface area contributed by atoms with Crippen molar-refractivity contribution in [2.24, 2.45) is 0 Å². The van der Waals surface area contributed by atoms with E-state index in [1.54, 1.807) is 0 Å². The summed E-state index contributed by atoms with van der Waals surface area (Å²) >= 11 is 0. The van der Waals surface area contributed by atoms with Gasteiger partial charge in [-0.1, -0.05) is 12.1 Å². The Labute approximate surface area is 117 Å². The van der Waals surface area contributed by atoms with Gasteiger partial charge in [-0.25, -0.2) is 9.97 Å². The zero-order valence-corrected chi connectivity index (χ0v) is 11.4. The molecule has 1 aromatic carbocycles. The van der Waals surface area contributed by atoms with Crippen LogP contribution in [0.1, 0.15) is 16.8 Å². The second kappa shape index (κ2) is 4.42. The molecule has 0 amide bonds. The third-order valence-electron chi connectivity index (χ3n) is 3.85. The summed E-state index contributed by atoms with van der Waals surface area (Å²) in [6.07, 6.45) is 1.11. The summed E-state index contributed by atoms with van der Waals surface area (Å²) in [5.74, 6) is 0.895. The van der Waals surface area contributed by atoms with Crippen LogP contribution in [0.3, 0.4) is 0 Å². The van der Waals surface area contributed by atoms with E-state index in [4.69, 9.17) is 0 Å². The van der Waals surface area contributed by atoms with Gasteiger partial charge in [0.25, 0.3) is 0 Å². The minimum Gasteiger partial charge on any atom is -0.337 e. The predicted octanol–water partition coefficient (Wildman–Crippen LogP) is 2.58. The van der Waals surface area contributed by atoms with Crippen LogP contribution in [-0.2, 0) is 13.0 Å². The highest BCUT2D eigenvalue weighted by Gasteiger charge is 2.12. The standard InChI is InChI=1S/C16H16N4/c1-10-2-5-14-16(18-10)20-15(19-14)12-4-3-11-6-7-17-9-13(11)8-12/h2-5,8,17H,6-7,9H2,1H3,(H,18,19,20). The quantitative estimate of drug-likeness (QED) is 0.710. The molecule has 0 atom stereocenters. The summed E-state index contributed by atoms with van der Waals surface area (Å²) in [6.45, 7) is 4.00. The molecule has 0 saturated carbocycles. The summed E-state index contributed by atoms with van der Waals surface area (Å²) in [5.41, 5.74) is 6.71. The first kappa shape index (κ1) is 11.6. The lowest BCUT2D eigenvalue weighted by atomic mass is 9.98. The van der Waals surface area contributed by atoms with Crippen molar-refractivity contribution in [2.45, 2.75) is 19.9 Å². The molecular formula is C16H16N4. The highest BCUT2D eigenvalue weighted by atomic mass is 15.0. The molecule has 4 heteroatoms. The first-order valence-electron chi connectivity index (χ1n) is 6.96. The van der Waals surface area contributed by atoms with E-state index in [0.717, 1.165) is 47.8 Å². The maximum Gasteiger partial charge on any atom is 0.178 e. The number of aryl methyl sites for hydroxylation is 1. The van der Waals surface area contributed by atoms with Gasteiger partial charge in [-0.15, -0.1) is 0 Å². The van der Waals surface area contributed by atoms with Crippen LogP contribution in [0.15, 0.2) is 30.3 Å². The van der Waals surface area contributed by atoms with Gasteiger partial charge >= 0.3 is 0 Å². The Hall–Kier alpha value is -2.20. The Bertz CT molecular complexity index is 788. The second-order valence-corrected chi connectivity index (χ2v) is 5.32. The lowest BCUT2D eigenvalue weighted by Crippen LogP contribution is -2.23. The van der Waals surface area contributed by atoms with E-state index in [1.165, 1.54) is 11.1 Å². The Balaban J connectivity index is 1.82. The normalized spacial score (nSPS) is 14.4. The van der Waals surface area contributed by atoms with Crippen molar-refractivity contribution in [3.63, 3.8) is 0 Å². The van der Waals surface area contributed by atoms with Gasteiger partial charge < -0.3 is 10.3 Å². The van der Waals surface area contributed by atoms with E-state index < -0.39 is 0 Å². The molecule has 4 nitrogen and oxygen atoms in total. The molecule has 1 aliphatic heterocycles. The van der Waals surface area contributed by atoms with Crippen molar-refractivity contribution in [3.05, 3.63) is 47.2 Å². The molecule has 20 heavy (non-hydrogen) atoms. The minimum absolute atomic E-state index is 0.788. The molecule has 0 spiro atoms. The average Bonchev–Trinajstić information content (AvgIpc) is 2.89. The van der Waals surface area contributed by atoms with Gasteiger partial charge in [0.15, 0.2) is 5.65 Å². The number of aromatic nitrogens is 3. The van der Waals surface area contributed by atoms with E-state index in [2.05, 4.69) is 38.5 Å². The third kappa shape index (κ3) is 1.89. The van der Waals surface area contributed by atoms with Crippen LogP contribution in [0.25, 0.3) is 22.6 Å². The molecule has 2 N–H and O–H groups in total. The van der Waals surface area contributed by atoms with Crippen molar-refractivity contribution in [1.29, 1.82) is 0 Å². The van der Waals surface area contributed by atoms with Gasteiger partial charge in [0.1, 0.15) is 5.82 Å². The first-order valence-corrected chi connectivity index (χ1v) is 6.96. The van der Waals surface area contributed by atoms with Gasteiger partial charge in [0.05, 0.1) is 5.52 Å². The number of hydrogen-bond acceptors (Lipinski definition) is 3. The Morgan fingerprint density at radius 1 is 1.05 bits per heavy atom. The molecule has 0 aliphatic carbocycles. The van der Waals surface area contributed by atoms with Crippen molar-refractivity contribution in [1.82, 2.24) is 20.3 Å². The molecule has 3 heterocycles. The van der Waals surface area contributed by atoms with E-state index in [1.807, 2.05) is 19.1 Å². The number of hydrogen-bond donors (Lipinski definition) is 2. The summed E-state index contributed by atoms with van der Waals surface area (Å²) < 4.78 is 0. The molecule has 1 aliphatic rings. The maximum absolute atomic E-state index is 4.61. The van der Waals surface area contributed by atoms with Gasteiger partial charge in [-0.05, 0) is 49.2 Å². The van der Waals surface area contributed by atoms with E-state index in [-0.39, 0.29) is 0 Å². The highest BCUT2D eigenvalue weighted by Crippen LogP contribution is 2.24. The third-order valence-corrected chi connectivity index (χ3v) is 3.85. The van der Waals surface area contributed by atoms with Crippen LogP contribution < -0.4 is 5.32 Å². The summed E-state index contributed by atoms with van der Waals surface area (Å²) in [4.78, 5) is 12.4. The molecule has 4 rings (SSSR count). The summed E-state index contributed by atoms with van der Waals surface area (Å²) in [5, 5.41) is 3.41. The zero-order valence-electron chi connectivity index (χ0n) is 11.4. The molecule has 0 radical (unpaired) electrons. The van der Waals surface area contributed by atoms with E-state index in [0.29, 0.717) is 0 Å². The Morgan fingerprint density at radius 2 is 2.00 bits per heavy atom. The van der Waals surface area contributed by atoms with Crippen molar-refractivity contribution in [2.75, 3.05) is 6.54 Å². The molecule has 2 aromatic heterocycles. The van der Waals surface area contributed by atoms with Crippen LogP contribution in [0, 0.1) is 6.92 Å². The summed E-state index contributed by atoms with van der Waals surface area (Å²) in [6, 6.07) is 10.6. The zero-order chi connectivity index (χ0) is 13.5. The monoisotopic (exact) mass is 264 g/mol. The topological polar surface area (TPSA) is 53.6 Å². The van der Waals surface area contributed by atoms with Crippen LogP contribution in [0.2, 0.25) is 0 Å². The van der Waals surface area contributed by atoms with E-state index >= 15 is 0 Å². The largest absolute Gasteiger partial charge is 0.337 e. The Kier molecular flexibility index (Phi) is 2.57. The second-order valence-electron chi connectivity index (χ2n) is 5.32.